The van der Waals surface area contributed by atoms with Crippen molar-refractivity contribution < 1.29 is 24.3 Å². The monoisotopic (exact) mass is 616 g/mol. The van der Waals surface area contributed by atoms with Crippen LogP contribution < -0.4 is 16.0 Å². The quantitative estimate of drug-likeness (QED) is 0.262. The summed E-state index contributed by atoms with van der Waals surface area (Å²) in [5, 5.41) is 20.0. The maximum atomic E-state index is 14.0. The van der Waals surface area contributed by atoms with Crippen molar-refractivity contribution in [3.63, 3.8) is 0 Å². The Morgan fingerprint density at radius 1 is 0.932 bits per heavy atom. The molecule has 4 N–H and O–H groups in total. The summed E-state index contributed by atoms with van der Waals surface area (Å²) in [5.41, 5.74) is 3.37. The van der Waals surface area contributed by atoms with Crippen molar-refractivity contribution in [1.29, 1.82) is 0 Å². The van der Waals surface area contributed by atoms with E-state index in [9.17, 15) is 24.3 Å². The highest BCUT2D eigenvalue weighted by Gasteiger charge is 2.49. The molecule has 0 bridgehead atoms. The first-order valence-electron chi connectivity index (χ1n) is 14.6. The predicted octanol–water partition coefficient (Wildman–Crippen LogP) is 3.26. The lowest BCUT2D eigenvalue weighted by Gasteiger charge is -2.33. The zero-order valence-corrected chi connectivity index (χ0v) is 26.3. The molecule has 232 valence electrons. The number of hydrogen-bond donors (Lipinski definition) is 4. The lowest BCUT2D eigenvalue weighted by atomic mass is 9.96. The number of rotatable bonds is 11. The number of carbonyl (C=O) groups excluding carboxylic acids is 4. The normalized spacial score (nSPS) is 17.7. The first kappa shape index (κ1) is 32.8. The molecule has 1 unspecified atom stereocenters. The molecule has 9 nitrogen and oxygen atoms in total. The van der Waals surface area contributed by atoms with Crippen molar-refractivity contribution in [3.8, 4) is 0 Å². The van der Waals surface area contributed by atoms with Crippen molar-refractivity contribution in [2.75, 3.05) is 5.88 Å². The number of carbonyl (C=O) groups is 4. The van der Waals surface area contributed by atoms with E-state index in [2.05, 4.69) is 16.0 Å². The first-order valence-corrected chi connectivity index (χ1v) is 15.6. The van der Waals surface area contributed by atoms with E-state index in [0.717, 1.165) is 16.7 Å². The van der Waals surface area contributed by atoms with Gasteiger partial charge >= 0.3 is 0 Å². The molecule has 44 heavy (non-hydrogen) atoms. The van der Waals surface area contributed by atoms with Crippen LogP contribution in [-0.4, -0.2) is 62.4 Å². The molecule has 0 radical (unpaired) electrons. The summed E-state index contributed by atoms with van der Waals surface area (Å²) in [6.07, 6.45) is -1.51. The second-order valence-electron chi connectivity index (χ2n) is 11.5. The van der Waals surface area contributed by atoms with Gasteiger partial charge in [-0.3, -0.25) is 19.2 Å². The first-order chi connectivity index (χ1) is 21.0. The van der Waals surface area contributed by atoms with Crippen LogP contribution in [0.5, 0.6) is 0 Å². The number of nitrogens with zero attached hydrogens (tertiary/aromatic N) is 1. The maximum Gasteiger partial charge on any atom is 0.254 e. The average Bonchev–Trinajstić information content (AvgIpc) is 3.33. The van der Waals surface area contributed by atoms with Gasteiger partial charge in [0.25, 0.3) is 5.91 Å². The van der Waals surface area contributed by atoms with Gasteiger partial charge in [0.1, 0.15) is 12.1 Å². The Balaban J connectivity index is 1.57. The van der Waals surface area contributed by atoms with Crippen LogP contribution in [0.25, 0.3) is 0 Å². The summed E-state index contributed by atoms with van der Waals surface area (Å²) in [7, 11) is 0. The van der Waals surface area contributed by atoms with Gasteiger partial charge in [0, 0.05) is 18.2 Å². The second-order valence-corrected chi connectivity index (χ2v) is 13.1. The number of amides is 4. The summed E-state index contributed by atoms with van der Waals surface area (Å²) < 4.78 is -0.618. The van der Waals surface area contributed by atoms with Gasteiger partial charge in [-0.15, -0.1) is 11.8 Å². The molecule has 1 aliphatic heterocycles. The number of aliphatic hydroxyl groups is 1. The number of aliphatic hydroxyl groups excluding tert-OH is 1. The van der Waals surface area contributed by atoms with Gasteiger partial charge in [0.05, 0.1) is 11.9 Å². The van der Waals surface area contributed by atoms with Crippen molar-refractivity contribution in [2.45, 2.75) is 69.6 Å². The molecule has 1 heterocycles. The third kappa shape index (κ3) is 8.06. The van der Waals surface area contributed by atoms with Gasteiger partial charge in [-0.1, -0.05) is 84.9 Å². The molecule has 1 fully saturated rings. The van der Waals surface area contributed by atoms with Crippen LogP contribution in [0, 0.1) is 6.92 Å². The molecule has 1 saturated heterocycles. The lowest BCUT2D eigenvalue weighted by molar-refractivity contribution is -0.148. The van der Waals surface area contributed by atoms with Crippen LogP contribution in [-0.2, 0) is 32.1 Å². The van der Waals surface area contributed by atoms with E-state index in [0.29, 0.717) is 12.1 Å². The number of nitrogens with one attached hydrogen (secondary N) is 3. The Morgan fingerprint density at radius 3 is 2.18 bits per heavy atom. The van der Waals surface area contributed by atoms with Gasteiger partial charge in [-0.2, -0.15) is 0 Å². The van der Waals surface area contributed by atoms with Gasteiger partial charge in [0.2, 0.25) is 17.7 Å². The Bertz CT molecular complexity index is 1470. The van der Waals surface area contributed by atoms with E-state index in [1.807, 2.05) is 75.4 Å². The number of hydrogen-bond acceptors (Lipinski definition) is 6. The smallest absolute Gasteiger partial charge is 0.254 e. The molecule has 4 atom stereocenters. The summed E-state index contributed by atoms with van der Waals surface area (Å²) >= 11 is 1.45. The molecule has 4 amide bonds. The van der Waals surface area contributed by atoms with E-state index in [-0.39, 0.29) is 18.2 Å². The predicted molar refractivity (Wildman–Crippen MR) is 171 cm³/mol. The largest absolute Gasteiger partial charge is 0.381 e. The van der Waals surface area contributed by atoms with Crippen molar-refractivity contribution in [3.05, 3.63) is 107 Å². The minimum atomic E-state index is -1.66. The van der Waals surface area contributed by atoms with Crippen LogP contribution in [0.15, 0.2) is 84.9 Å². The van der Waals surface area contributed by atoms with E-state index >= 15 is 0 Å². The molecule has 3 aromatic rings. The Morgan fingerprint density at radius 2 is 1.55 bits per heavy atom. The maximum absolute atomic E-state index is 14.0. The van der Waals surface area contributed by atoms with E-state index in [1.165, 1.54) is 23.6 Å². The molecule has 0 aliphatic carbocycles. The van der Waals surface area contributed by atoms with Gasteiger partial charge in [0.15, 0.2) is 6.10 Å². The van der Waals surface area contributed by atoms with Crippen molar-refractivity contribution in [1.82, 2.24) is 20.9 Å². The number of thioether (sulfide) groups is 1. The van der Waals surface area contributed by atoms with Crippen molar-refractivity contribution >= 4 is 35.4 Å². The van der Waals surface area contributed by atoms with Gasteiger partial charge in [-0.25, -0.2) is 0 Å². The molecule has 1 aliphatic rings. The van der Waals surface area contributed by atoms with Crippen LogP contribution >= 0.6 is 11.8 Å². The van der Waals surface area contributed by atoms with Crippen molar-refractivity contribution in [2.24, 2.45) is 0 Å². The van der Waals surface area contributed by atoms with E-state index in [4.69, 9.17) is 0 Å². The fraction of sp³-hybridized carbons (Fsp3) is 0.353. The van der Waals surface area contributed by atoms with E-state index < -0.39 is 46.7 Å². The minimum Gasteiger partial charge on any atom is -0.381 e. The van der Waals surface area contributed by atoms with E-state index in [1.54, 1.807) is 30.3 Å². The van der Waals surface area contributed by atoms with Gasteiger partial charge in [-0.05, 0) is 49.4 Å². The molecule has 3 aromatic carbocycles. The van der Waals surface area contributed by atoms with Crippen LogP contribution in [0.3, 0.4) is 0 Å². The fourth-order valence-corrected chi connectivity index (χ4v) is 6.51. The Kier molecular flexibility index (Phi) is 10.8. The average molecular weight is 617 g/mol. The standard InChI is InChI=1S/C34H40N4O5S/c1-22-13-11-12-18-26(22)20-35-32(42)30-34(3,4)44-21-38(30)33(43)29(40)27(19-24-14-7-5-8-15-24)37-31(41)28(36-23(2)39)25-16-9-6-10-17-25/h5-18,27-30,40H,19-21H2,1-4H3,(H,35,42)(H,36,39)(H,37,41)/t27-,28?,29-,30+/m0/s1. The van der Waals surface area contributed by atoms with Gasteiger partial charge < -0.3 is 26.0 Å². The van der Waals surface area contributed by atoms with Crippen LogP contribution in [0.2, 0.25) is 0 Å². The Labute approximate surface area is 262 Å². The molecule has 0 saturated carbocycles. The molecule has 0 aromatic heterocycles. The molecular formula is C34H40N4O5S. The summed E-state index contributed by atoms with van der Waals surface area (Å²) in [5.74, 6) is -1.74. The SMILES string of the molecule is CC(=O)NC(C(=O)N[C@@H](Cc1ccccc1)[C@H](O)C(=O)N1CSC(C)(C)[C@H]1C(=O)NCc1ccccc1C)c1ccccc1. The molecule has 4 rings (SSSR count). The summed E-state index contributed by atoms with van der Waals surface area (Å²) in [6, 6.07) is 22.8. The molecular weight excluding hydrogens is 576 g/mol. The lowest BCUT2D eigenvalue weighted by Crippen LogP contribution is -2.59. The second kappa shape index (κ2) is 14.5. The highest BCUT2D eigenvalue weighted by atomic mass is 32.2. The van der Waals surface area contributed by atoms with Crippen LogP contribution in [0.1, 0.15) is 49.1 Å². The third-order valence-corrected chi connectivity index (χ3v) is 9.17. The topological polar surface area (TPSA) is 128 Å². The fourth-order valence-electron chi connectivity index (χ4n) is 5.37. The zero-order valence-electron chi connectivity index (χ0n) is 25.4. The summed E-state index contributed by atoms with van der Waals surface area (Å²) in [6.45, 7) is 7.40. The third-order valence-electron chi connectivity index (χ3n) is 7.79. The minimum absolute atomic E-state index is 0.148. The molecule has 0 spiro atoms. The Hall–Kier alpha value is -4.15. The molecule has 10 heteroatoms. The number of benzene rings is 3. The zero-order chi connectivity index (χ0) is 31.9. The highest BCUT2D eigenvalue weighted by molar-refractivity contribution is 8.00. The van der Waals surface area contributed by atoms with Crippen LogP contribution in [0.4, 0.5) is 0 Å². The summed E-state index contributed by atoms with van der Waals surface area (Å²) in [4.78, 5) is 54.6. The highest BCUT2D eigenvalue weighted by Crippen LogP contribution is 2.40. The number of aryl methyl sites for hydroxylation is 1.